The minimum Gasteiger partial charge on any atom is -0.413 e. The van der Waals surface area contributed by atoms with Gasteiger partial charge in [0.1, 0.15) is 0 Å². The largest absolute Gasteiger partial charge is 0.413 e. The molecule has 0 spiro atoms. The van der Waals surface area contributed by atoms with Crippen LogP contribution in [0.25, 0.3) is 0 Å². The normalized spacial score (nSPS) is 14.3. The Morgan fingerprint density at radius 1 is 0.767 bits per heavy atom. The summed E-state index contributed by atoms with van der Waals surface area (Å²) in [5.41, 5.74) is 2.43. The maximum atomic E-state index is 10.8. The summed E-state index contributed by atoms with van der Waals surface area (Å²) in [4.78, 5) is 2.35. The quantitative estimate of drug-likeness (QED) is 0.151. The molecule has 43 heavy (non-hydrogen) atoms. The zero-order chi connectivity index (χ0) is 31.7. The molecule has 0 amide bonds. The molecule has 3 aromatic carbocycles. The van der Waals surface area contributed by atoms with Gasteiger partial charge in [0, 0.05) is 13.1 Å². The van der Waals surface area contributed by atoms with Gasteiger partial charge in [0.05, 0.1) is 25.9 Å². The molecule has 234 valence electrons. The van der Waals surface area contributed by atoms with Gasteiger partial charge in [-0.25, -0.2) is 0 Å². The van der Waals surface area contributed by atoms with Crippen molar-refractivity contribution < 1.29 is 14.0 Å². The summed E-state index contributed by atoms with van der Waals surface area (Å²) in [6.45, 7) is 23.0. The molecule has 1 N–H and O–H groups in total. The van der Waals surface area contributed by atoms with E-state index in [0.29, 0.717) is 19.8 Å². The lowest BCUT2D eigenvalue weighted by atomic mass is 10.1. The van der Waals surface area contributed by atoms with Crippen molar-refractivity contribution in [3.63, 3.8) is 0 Å². The molecule has 0 bridgehead atoms. The Morgan fingerprint density at radius 3 is 1.70 bits per heavy atom. The molecule has 1 atom stereocenters. The molecule has 0 aromatic heterocycles. The minimum atomic E-state index is -2.73. The summed E-state index contributed by atoms with van der Waals surface area (Å²) >= 11 is 0. The first-order valence-electron chi connectivity index (χ1n) is 15.6. The van der Waals surface area contributed by atoms with E-state index in [1.54, 1.807) is 0 Å². The van der Waals surface area contributed by atoms with E-state index in [2.05, 4.69) is 157 Å². The van der Waals surface area contributed by atoms with Crippen LogP contribution in [0.15, 0.2) is 103 Å². The summed E-state index contributed by atoms with van der Waals surface area (Å²) in [7, 11) is -4.57. The molecule has 0 aliphatic carbocycles. The Hall–Kier alpha value is -2.33. The predicted octanol–water partition coefficient (Wildman–Crippen LogP) is 7.39. The molecule has 0 fully saturated rings. The average Bonchev–Trinajstić information content (AvgIpc) is 2.97. The second kappa shape index (κ2) is 15.1. The first kappa shape index (κ1) is 35.2. The molecule has 0 aliphatic rings. The van der Waals surface area contributed by atoms with Crippen LogP contribution in [0.1, 0.15) is 54.0 Å². The van der Waals surface area contributed by atoms with Gasteiger partial charge in [-0.05, 0) is 46.0 Å². The van der Waals surface area contributed by atoms with Crippen molar-refractivity contribution in [1.82, 2.24) is 4.90 Å². The number of hydrogen-bond acceptors (Lipinski definition) is 4. The zero-order valence-electron chi connectivity index (χ0n) is 28.1. The SMILES string of the molecule is C/C(=C\CN(Cc1ccccc1)C(CO)CO[Si](c1ccccc1)(c1ccccc1)C(C)(C)C)CO[Si](C)(C)C(C)(C)C. The fourth-order valence-electron chi connectivity index (χ4n) is 5.26. The highest BCUT2D eigenvalue weighted by Gasteiger charge is 2.50. The van der Waals surface area contributed by atoms with Crippen LogP contribution < -0.4 is 10.4 Å². The van der Waals surface area contributed by atoms with Crippen molar-refractivity contribution in [2.45, 2.75) is 84.2 Å². The molecule has 0 saturated carbocycles. The van der Waals surface area contributed by atoms with Gasteiger partial charge in [-0.15, -0.1) is 0 Å². The second-order valence-electron chi connectivity index (χ2n) is 14.3. The van der Waals surface area contributed by atoms with Gasteiger partial charge in [-0.1, -0.05) is 144 Å². The van der Waals surface area contributed by atoms with Gasteiger partial charge >= 0.3 is 0 Å². The standard InChI is InChI=1S/C37H55NO3Si2/c1-31(29-40-42(8,9)36(2,3)4)25-26-38(27-32-19-13-10-14-20-32)33(28-39)30-41-43(37(5,6)7,34-21-15-11-16-22-34)35-23-17-12-18-24-35/h10-25,33,39H,26-30H2,1-9H3/b31-25+. The van der Waals surface area contributed by atoms with E-state index in [9.17, 15) is 5.11 Å². The lowest BCUT2D eigenvalue weighted by Gasteiger charge is -2.44. The van der Waals surface area contributed by atoms with E-state index in [4.69, 9.17) is 8.85 Å². The van der Waals surface area contributed by atoms with Crippen LogP contribution in [-0.2, 0) is 15.4 Å². The maximum Gasteiger partial charge on any atom is 0.261 e. The van der Waals surface area contributed by atoms with Gasteiger partial charge in [0.2, 0.25) is 0 Å². The Balaban J connectivity index is 1.92. The molecule has 0 heterocycles. The first-order chi connectivity index (χ1) is 20.2. The van der Waals surface area contributed by atoms with E-state index in [0.717, 1.165) is 6.54 Å². The molecule has 0 radical (unpaired) electrons. The highest BCUT2D eigenvalue weighted by molar-refractivity contribution is 6.99. The van der Waals surface area contributed by atoms with Gasteiger partial charge in [-0.2, -0.15) is 0 Å². The zero-order valence-corrected chi connectivity index (χ0v) is 30.1. The van der Waals surface area contributed by atoms with Crippen molar-refractivity contribution in [2.75, 3.05) is 26.4 Å². The number of benzene rings is 3. The van der Waals surface area contributed by atoms with Gasteiger partial charge in [-0.3, -0.25) is 4.90 Å². The van der Waals surface area contributed by atoms with Gasteiger partial charge in [0.25, 0.3) is 8.32 Å². The molecule has 0 saturated heterocycles. The fourth-order valence-corrected chi connectivity index (χ4v) is 10.9. The van der Waals surface area contributed by atoms with Crippen LogP contribution in [0.4, 0.5) is 0 Å². The summed E-state index contributed by atoms with van der Waals surface area (Å²) in [5, 5.41) is 13.4. The van der Waals surface area contributed by atoms with Crippen LogP contribution in [0, 0.1) is 0 Å². The van der Waals surface area contributed by atoms with E-state index in [1.807, 2.05) is 6.07 Å². The molecule has 6 heteroatoms. The van der Waals surface area contributed by atoms with Crippen LogP contribution in [0.2, 0.25) is 23.2 Å². The number of rotatable bonds is 14. The van der Waals surface area contributed by atoms with E-state index >= 15 is 0 Å². The monoisotopic (exact) mass is 617 g/mol. The minimum absolute atomic E-state index is 0.0123. The van der Waals surface area contributed by atoms with Crippen LogP contribution in [0.5, 0.6) is 0 Å². The Bertz CT molecular complexity index is 1230. The Labute approximate surface area is 264 Å². The summed E-state index contributed by atoms with van der Waals surface area (Å²) in [6, 6.07) is 31.8. The van der Waals surface area contributed by atoms with Gasteiger partial charge in [0.15, 0.2) is 8.32 Å². The number of aliphatic hydroxyl groups excluding tert-OH is 1. The Kier molecular flexibility index (Phi) is 12.4. The van der Waals surface area contributed by atoms with Crippen LogP contribution in [-0.4, -0.2) is 59.0 Å². The van der Waals surface area contributed by atoms with Crippen molar-refractivity contribution >= 4 is 27.0 Å². The summed E-state index contributed by atoms with van der Waals surface area (Å²) < 4.78 is 13.8. The van der Waals surface area contributed by atoms with Crippen molar-refractivity contribution in [3.05, 3.63) is 108 Å². The summed E-state index contributed by atoms with van der Waals surface area (Å²) in [5.74, 6) is 0. The van der Waals surface area contributed by atoms with E-state index in [1.165, 1.54) is 21.5 Å². The lowest BCUT2D eigenvalue weighted by molar-refractivity contribution is 0.0818. The number of hydrogen-bond donors (Lipinski definition) is 1. The first-order valence-corrected chi connectivity index (χ1v) is 20.5. The van der Waals surface area contributed by atoms with Crippen molar-refractivity contribution in [3.8, 4) is 0 Å². The molecule has 3 rings (SSSR count). The van der Waals surface area contributed by atoms with Crippen LogP contribution in [0.3, 0.4) is 0 Å². The molecule has 0 aliphatic heterocycles. The number of aliphatic hydroxyl groups is 1. The molecule has 1 unspecified atom stereocenters. The topological polar surface area (TPSA) is 41.9 Å². The average molecular weight is 618 g/mol. The third kappa shape index (κ3) is 9.10. The highest BCUT2D eigenvalue weighted by atomic mass is 28.4. The molecular formula is C37H55NO3Si2. The third-order valence-corrected chi connectivity index (χ3v) is 18.5. The molecule has 4 nitrogen and oxygen atoms in total. The summed E-state index contributed by atoms with van der Waals surface area (Å²) in [6.07, 6.45) is 2.27. The van der Waals surface area contributed by atoms with E-state index in [-0.39, 0.29) is 22.7 Å². The highest BCUT2D eigenvalue weighted by Crippen LogP contribution is 2.38. The third-order valence-electron chi connectivity index (χ3n) is 9.01. The molecule has 3 aromatic rings. The van der Waals surface area contributed by atoms with Crippen LogP contribution >= 0.6 is 0 Å². The maximum absolute atomic E-state index is 10.8. The van der Waals surface area contributed by atoms with Crippen molar-refractivity contribution in [2.24, 2.45) is 0 Å². The lowest BCUT2D eigenvalue weighted by Crippen LogP contribution is -2.67. The predicted molar refractivity (Wildman–Crippen MR) is 188 cm³/mol. The molecular weight excluding hydrogens is 563 g/mol. The van der Waals surface area contributed by atoms with Crippen molar-refractivity contribution in [1.29, 1.82) is 0 Å². The van der Waals surface area contributed by atoms with Gasteiger partial charge < -0.3 is 14.0 Å². The fraction of sp³-hybridized carbons (Fsp3) is 0.459. The second-order valence-corrected chi connectivity index (χ2v) is 23.4. The van der Waals surface area contributed by atoms with E-state index < -0.39 is 16.6 Å². The smallest absolute Gasteiger partial charge is 0.261 e. The number of nitrogens with zero attached hydrogens (tertiary/aromatic N) is 1. The Morgan fingerprint density at radius 2 is 1.26 bits per heavy atom.